The standard InChI is InChI=1S/C8H18O3S3/c1-3-5-12-7-8(11-14(9)10)13-6-4-2/h8H,3-7H2,1-2H3,(H,9,10)/p-1. The molecule has 0 amide bonds. The van der Waals surface area contributed by atoms with Crippen LogP contribution in [0.3, 0.4) is 0 Å². The minimum Gasteiger partial charge on any atom is -0.750 e. The van der Waals surface area contributed by atoms with Crippen LogP contribution in [-0.2, 0) is 15.5 Å². The van der Waals surface area contributed by atoms with Crippen molar-refractivity contribution < 1.29 is 12.9 Å². The Labute approximate surface area is 97.2 Å². The molecule has 0 aromatic rings. The fourth-order valence-electron chi connectivity index (χ4n) is 0.764. The van der Waals surface area contributed by atoms with Crippen LogP contribution < -0.4 is 0 Å². The van der Waals surface area contributed by atoms with E-state index in [1.807, 2.05) is 0 Å². The summed E-state index contributed by atoms with van der Waals surface area (Å²) in [5, 5.41) is 0. The molecule has 0 aliphatic rings. The van der Waals surface area contributed by atoms with Gasteiger partial charge < -0.3 is 4.55 Å². The lowest BCUT2D eigenvalue weighted by molar-refractivity contribution is 0.296. The van der Waals surface area contributed by atoms with E-state index >= 15 is 0 Å². The largest absolute Gasteiger partial charge is 0.750 e. The second kappa shape index (κ2) is 10.3. The summed E-state index contributed by atoms with van der Waals surface area (Å²) in [7, 11) is 0. The molecule has 0 aromatic heterocycles. The quantitative estimate of drug-likeness (QED) is 0.361. The summed E-state index contributed by atoms with van der Waals surface area (Å²) in [6, 6.07) is 0. The maximum absolute atomic E-state index is 10.4. The van der Waals surface area contributed by atoms with Gasteiger partial charge >= 0.3 is 0 Å². The molecule has 3 nitrogen and oxygen atoms in total. The summed E-state index contributed by atoms with van der Waals surface area (Å²) in [6.45, 7) is 4.17. The van der Waals surface area contributed by atoms with Gasteiger partial charge in [0.2, 0.25) is 0 Å². The van der Waals surface area contributed by atoms with Crippen LogP contribution in [0.5, 0.6) is 0 Å². The highest BCUT2D eigenvalue weighted by Crippen LogP contribution is 2.19. The summed E-state index contributed by atoms with van der Waals surface area (Å²) >= 11 is 0.910. The molecule has 0 aromatic carbocycles. The summed E-state index contributed by atoms with van der Waals surface area (Å²) in [5.74, 6) is 2.74. The number of thioether (sulfide) groups is 2. The van der Waals surface area contributed by atoms with Gasteiger partial charge in [-0.15, -0.1) is 11.8 Å². The highest BCUT2D eigenvalue weighted by Gasteiger charge is 2.09. The third kappa shape index (κ3) is 9.33. The van der Waals surface area contributed by atoms with Crippen molar-refractivity contribution >= 4 is 34.9 Å². The Hall–Kier alpha value is 0.770. The third-order valence-corrected chi connectivity index (χ3v) is 4.53. The Balaban J connectivity index is 3.66. The Morgan fingerprint density at radius 2 is 2.00 bits per heavy atom. The molecule has 6 heteroatoms. The maximum Gasteiger partial charge on any atom is 0.128 e. The molecule has 0 N–H and O–H groups in total. The average Bonchev–Trinajstić information content (AvgIpc) is 2.13. The molecule has 14 heavy (non-hydrogen) atoms. The molecule has 0 radical (unpaired) electrons. The molecule has 0 saturated carbocycles. The Bertz CT molecular complexity index is 155. The Morgan fingerprint density at radius 1 is 1.36 bits per heavy atom. The first-order valence-corrected chi connectivity index (χ1v) is 7.86. The van der Waals surface area contributed by atoms with Gasteiger partial charge in [-0.05, 0) is 24.3 Å². The fourth-order valence-corrected chi connectivity index (χ4v) is 3.40. The molecule has 0 saturated heterocycles. The van der Waals surface area contributed by atoms with E-state index < -0.39 is 11.4 Å². The van der Waals surface area contributed by atoms with Gasteiger partial charge in [-0.3, -0.25) is 4.18 Å². The molecular formula is C8H17O3S3-. The fraction of sp³-hybridized carbons (Fsp3) is 1.00. The van der Waals surface area contributed by atoms with Crippen LogP contribution in [0.2, 0.25) is 0 Å². The minimum atomic E-state index is -2.39. The monoisotopic (exact) mass is 257 g/mol. The SMILES string of the molecule is CCCSCC(OS(=O)[O-])SCCC. The molecule has 2 unspecified atom stereocenters. The molecule has 0 bridgehead atoms. The van der Waals surface area contributed by atoms with Gasteiger partial charge in [-0.25, -0.2) is 4.21 Å². The van der Waals surface area contributed by atoms with E-state index in [4.69, 9.17) is 4.18 Å². The average molecular weight is 257 g/mol. The first-order valence-electron chi connectivity index (χ1n) is 4.66. The zero-order valence-corrected chi connectivity index (χ0v) is 11.0. The Morgan fingerprint density at radius 3 is 2.50 bits per heavy atom. The molecule has 2 atom stereocenters. The predicted octanol–water partition coefficient (Wildman–Crippen LogP) is 2.41. The van der Waals surface area contributed by atoms with Crippen molar-refractivity contribution in [3.8, 4) is 0 Å². The molecule has 0 heterocycles. The lowest BCUT2D eigenvalue weighted by Gasteiger charge is -2.17. The number of rotatable bonds is 9. The summed E-state index contributed by atoms with van der Waals surface area (Å²) in [4.78, 5) is 0. The lowest BCUT2D eigenvalue weighted by atomic mass is 10.6. The van der Waals surface area contributed by atoms with Crippen molar-refractivity contribution in [3.05, 3.63) is 0 Å². The van der Waals surface area contributed by atoms with Gasteiger partial charge in [0.05, 0.1) is 11.4 Å². The van der Waals surface area contributed by atoms with Crippen molar-refractivity contribution in [3.63, 3.8) is 0 Å². The second-order valence-corrected chi connectivity index (χ2v) is 5.69. The molecular weight excluding hydrogens is 240 g/mol. The third-order valence-electron chi connectivity index (χ3n) is 1.30. The first kappa shape index (κ1) is 14.8. The first-order chi connectivity index (χ1) is 6.70. The van der Waals surface area contributed by atoms with Crippen molar-refractivity contribution in [1.82, 2.24) is 0 Å². The van der Waals surface area contributed by atoms with E-state index in [0.29, 0.717) is 0 Å². The van der Waals surface area contributed by atoms with Crippen molar-refractivity contribution in [2.24, 2.45) is 0 Å². The smallest absolute Gasteiger partial charge is 0.128 e. The van der Waals surface area contributed by atoms with E-state index in [1.165, 1.54) is 0 Å². The van der Waals surface area contributed by atoms with Gasteiger partial charge in [-0.2, -0.15) is 11.8 Å². The van der Waals surface area contributed by atoms with E-state index in [0.717, 1.165) is 30.1 Å². The van der Waals surface area contributed by atoms with Crippen molar-refractivity contribution in [2.75, 3.05) is 17.3 Å². The lowest BCUT2D eigenvalue weighted by Crippen LogP contribution is -2.14. The zero-order chi connectivity index (χ0) is 10.8. The van der Waals surface area contributed by atoms with Crippen LogP contribution in [-0.4, -0.2) is 31.5 Å². The van der Waals surface area contributed by atoms with Crippen LogP contribution >= 0.6 is 23.5 Å². The second-order valence-electron chi connectivity index (χ2n) is 2.68. The van der Waals surface area contributed by atoms with Crippen molar-refractivity contribution in [1.29, 1.82) is 0 Å². The van der Waals surface area contributed by atoms with E-state index in [1.54, 1.807) is 23.5 Å². The highest BCUT2D eigenvalue weighted by molar-refractivity contribution is 8.03. The maximum atomic E-state index is 10.4. The Kier molecular flexibility index (Phi) is 10.9. The molecule has 0 spiro atoms. The minimum absolute atomic E-state index is 0.218. The van der Waals surface area contributed by atoms with Gasteiger partial charge in [0, 0.05) is 5.75 Å². The molecule has 86 valence electrons. The summed E-state index contributed by atoms with van der Waals surface area (Å²) in [6.07, 6.45) is 2.14. The van der Waals surface area contributed by atoms with E-state index in [9.17, 15) is 8.76 Å². The summed E-state index contributed by atoms with van der Waals surface area (Å²) in [5.41, 5.74) is -0.218. The van der Waals surface area contributed by atoms with Gasteiger partial charge in [0.15, 0.2) is 0 Å². The highest BCUT2D eigenvalue weighted by atomic mass is 32.2. The van der Waals surface area contributed by atoms with Crippen LogP contribution in [0.25, 0.3) is 0 Å². The van der Waals surface area contributed by atoms with E-state index in [-0.39, 0.29) is 5.44 Å². The predicted molar refractivity (Wildman–Crippen MR) is 64.2 cm³/mol. The normalized spacial score (nSPS) is 15.4. The number of hydrogen-bond donors (Lipinski definition) is 0. The molecule has 0 rings (SSSR count). The number of hydrogen-bond acceptors (Lipinski definition) is 5. The van der Waals surface area contributed by atoms with Gasteiger partial charge in [0.1, 0.15) is 5.44 Å². The van der Waals surface area contributed by atoms with Crippen molar-refractivity contribution in [2.45, 2.75) is 32.1 Å². The molecule has 0 aliphatic carbocycles. The van der Waals surface area contributed by atoms with Crippen LogP contribution in [0.1, 0.15) is 26.7 Å². The van der Waals surface area contributed by atoms with Crippen LogP contribution in [0.15, 0.2) is 0 Å². The van der Waals surface area contributed by atoms with E-state index in [2.05, 4.69) is 13.8 Å². The zero-order valence-electron chi connectivity index (χ0n) is 8.56. The van der Waals surface area contributed by atoms with Crippen LogP contribution in [0.4, 0.5) is 0 Å². The molecule has 0 aliphatic heterocycles. The summed E-state index contributed by atoms with van der Waals surface area (Å²) < 4.78 is 25.5. The van der Waals surface area contributed by atoms with Crippen LogP contribution in [0, 0.1) is 0 Å². The molecule has 0 fully saturated rings. The van der Waals surface area contributed by atoms with Gasteiger partial charge in [0.25, 0.3) is 0 Å². The van der Waals surface area contributed by atoms with Gasteiger partial charge in [-0.1, -0.05) is 13.8 Å². The topological polar surface area (TPSA) is 49.4 Å².